The lowest BCUT2D eigenvalue weighted by atomic mass is 10.2. The highest BCUT2D eigenvalue weighted by atomic mass is 16.5. The summed E-state index contributed by atoms with van der Waals surface area (Å²) in [7, 11) is 3.59. The van der Waals surface area contributed by atoms with Crippen LogP contribution in [-0.2, 0) is 14.3 Å². The van der Waals surface area contributed by atoms with Crippen molar-refractivity contribution in [1.29, 1.82) is 0 Å². The first kappa shape index (κ1) is 10.6. The number of rotatable bonds is 5. The Hall–Kier alpha value is -0.450. The lowest BCUT2D eigenvalue weighted by Gasteiger charge is -2.11. The van der Waals surface area contributed by atoms with Gasteiger partial charge in [-0.2, -0.15) is 0 Å². The number of hydrogen-bond donors (Lipinski definition) is 0. The topological polar surface area (TPSA) is 38.8 Å². The Labute approximate surface area is 78.8 Å². The molecule has 0 radical (unpaired) electrons. The van der Waals surface area contributed by atoms with Crippen LogP contribution in [0.2, 0.25) is 0 Å². The molecule has 0 N–H and O–H groups in total. The Morgan fingerprint density at radius 3 is 2.85 bits per heavy atom. The van der Waals surface area contributed by atoms with E-state index in [1.165, 1.54) is 0 Å². The first-order chi connectivity index (χ1) is 6.27. The van der Waals surface area contributed by atoms with E-state index in [2.05, 4.69) is 0 Å². The average molecular weight is 187 g/mol. The van der Waals surface area contributed by atoms with Crippen molar-refractivity contribution in [2.75, 3.05) is 33.9 Å². The molecule has 4 heteroatoms. The number of likely N-dealkylation sites (N-methyl/N-ethyl adjacent to an activating group) is 1. The predicted molar refractivity (Wildman–Crippen MR) is 48.7 cm³/mol. The van der Waals surface area contributed by atoms with Gasteiger partial charge in [0.1, 0.15) is 6.29 Å². The summed E-state index contributed by atoms with van der Waals surface area (Å²) < 4.78 is 10.4. The summed E-state index contributed by atoms with van der Waals surface area (Å²) in [6.07, 6.45) is 1.99. The minimum atomic E-state index is 0.0348. The summed E-state index contributed by atoms with van der Waals surface area (Å²) in [5.41, 5.74) is 0. The van der Waals surface area contributed by atoms with E-state index in [1.807, 2.05) is 11.9 Å². The smallest absolute Gasteiger partial charge is 0.137 e. The molecule has 1 fully saturated rings. The van der Waals surface area contributed by atoms with E-state index in [9.17, 15) is 4.79 Å². The van der Waals surface area contributed by atoms with Crippen molar-refractivity contribution in [1.82, 2.24) is 4.90 Å². The maximum absolute atomic E-state index is 10.6. The molecule has 0 amide bonds. The third-order valence-electron chi connectivity index (χ3n) is 2.36. The number of likely N-dealkylation sites (tertiary alicyclic amines) is 1. The van der Waals surface area contributed by atoms with E-state index in [4.69, 9.17) is 9.47 Å². The third-order valence-corrected chi connectivity index (χ3v) is 2.36. The second-order valence-corrected chi connectivity index (χ2v) is 3.36. The van der Waals surface area contributed by atoms with Crippen molar-refractivity contribution in [3.8, 4) is 0 Å². The van der Waals surface area contributed by atoms with Crippen LogP contribution in [0.25, 0.3) is 0 Å². The van der Waals surface area contributed by atoms with E-state index in [-0.39, 0.29) is 12.1 Å². The zero-order chi connectivity index (χ0) is 9.68. The molecule has 0 bridgehead atoms. The molecule has 0 aromatic carbocycles. The lowest BCUT2D eigenvalue weighted by molar-refractivity contribution is -0.111. The molecule has 1 aliphatic heterocycles. The molecule has 4 nitrogen and oxygen atoms in total. The Balaban J connectivity index is 2.19. The summed E-state index contributed by atoms with van der Waals surface area (Å²) in [5.74, 6) is 0. The van der Waals surface area contributed by atoms with Crippen molar-refractivity contribution in [2.45, 2.75) is 18.6 Å². The highest BCUT2D eigenvalue weighted by molar-refractivity contribution is 5.58. The van der Waals surface area contributed by atoms with Crippen molar-refractivity contribution in [2.24, 2.45) is 0 Å². The van der Waals surface area contributed by atoms with Crippen LogP contribution in [0, 0.1) is 0 Å². The number of carbonyl (C=O) groups is 1. The highest BCUT2D eigenvalue weighted by Gasteiger charge is 2.29. The first-order valence-corrected chi connectivity index (χ1v) is 4.54. The minimum Gasteiger partial charge on any atom is -0.382 e. The number of nitrogens with zero attached hydrogens (tertiary/aromatic N) is 1. The van der Waals surface area contributed by atoms with Gasteiger partial charge in [-0.25, -0.2) is 0 Å². The van der Waals surface area contributed by atoms with Crippen LogP contribution in [0.15, 0.2) is 0 Å². The van der Waals surface area contributed by atoms with E-state index in [0.717, 1.165) is 19.3 Å². The standard InChI is InChI=1S/C9H17NO3/c1-10-6-9(5-8(10)7-11)13-4-3-12-2/h7-9H,3-6H2,1-2H3. The van der Waals surface area contributed by atoms with Gasteiger partial charge in [-0.1, -0.05) is 0 Å². The van der Waals surface area contributed by atoms with E-state index in [0.29, 0.717) is 13.2 Å². The molecule has 0 aromatic rings. The average Bonchev–Trinajstić information content (AvgIpc) is 2.47. The van der Waals surface area contributed by atoms with Gasteiger partial charge >= 0.3 is 0 Å². The molecule has 0 aromatic heterocycles. The van der Waals surface area contributed by atoms with Crippen molar-refractivity contribution in [3.63, 3.8) is 0 Å². The van der Waals surface area contributed by atoms with Gasteiger partial charge in [0.25, 0.3) is 0 Å². The SMILES string of the molecule is COCCOC1CC(C=O)N(C)C1. The number of carbonyl (C=O) groups excluding carboxylic acids is 1. The van der Waals surface area contributed by atoms with Crippen molar-refractivity contribution in [3.05, 3.63) is 0 Å². The highest BCUT2D eigenvalue weighted by Crippen LogP contribution is 2.16. The lowest BCUT2D eigenvalue weighted by Crippen LogP contribution is -2.26. The fourth-order valence-electron chi connectivity index (χ4n) is 1.56. The summed E-state index contributed by atoms with van der Waals surface area (Å²) in [6, 6.07) is 0.0348. The van der Waals surface area contributed by atoms with Crippen LogP contribution in [0.4, 0.5) is 0 Å². The van der Waals surface area contributed by atoms with Gasteiger partial charge in [0.05, 0.1) is 25.4 Å². The number of aldehydes is 1. The molecular formula is C9H17NO3. The molecule has 2 atom stereocenters. The monoisotopic (exact) mass is 187 g/mol. The fourth-order valence-corrected chi connectivity index (χ4v) is 1.56. The van der Waals surface area contributed by atoms with Crippen LogP contribution < -0.4 is 0 Å². The van der Waals surface area contributed by atoms with Crippen molar-refractivity contribution >= 4 is 6.29 Å². The summed E-state index contributed by atoms with van der Waals surface area (Å²) in [5, 5.41) is 0. The fraction of sp³-hybridized carbons (Fsp3) is 0.889. The molecule has 2 unspecified atom stereocenters. The quantitative estimate of drug-likeness (QED) is 0.446. The molecule has 1 aliphatic rings. The normalized spacial score (nSPS) is 29.4. The maximum Gasteiger partial charge on any atom is 0.137 e. The zero-order valence-corrected chi connectivity index (χ0v) is 8.23. The first-order valence-electron chi connectivity index (χ1n) is 4.54. The second kappa shape index (κ2) is 5.32. The van der Waals surface area contributed by atoms with Gasteiger partial charge in [-0.3, -0.25) is 4.90 Å². The van der Waals surface area contributed by atoms with E-state index < -0.39 is 0 Å². The second-order valence-electron chi connectivity index (χ2n) is 3.36. The third kappa shape index (κ3) is 3.06. The molecule has 0 saturated carbocycles. The Morgan fingerprint density at radius 2 is 2.31 bits per heavy atom. The zero-order valence-electron chi connectivity index (χ0n) is 8.23. The predicted octanol–water partition coefficient (Wildman–Crippen LogP) is -0.0790. The molecule has 13 heavy (non-hydrogen) atoms. The van der Waals surface area contributed by atoms with Crippen LogP contribution in [0.5, 0.6) is 0 Å². The number of hydrogen-bond acceptors (Lipinski definition) is 4. The van der Waals surface area contributed by atoms with Gasteiger partial charge in [0.2, 0.25) is 0 Å². The molecule has 1 rings (SSSR count). The Bertz CT molecular complexity index is 163. The molecule has 1 heterocycles. The maximum atomic E-state index is 10.6. The Morgan fingerprint density at radius 1 is 1.54 bits per heavy atom. The number of ether oxygens (including phenoxy) is 2. The number of methoxy groups -OCH3 is 1. The molecule has 1 saturated heterocycles. The van der Waals surface area contributed by atoms with Gasteiger partial charge < -0.3 is 14.3 Å². The summed E-state index contributed by atoms with van der Waals surface area (Å²) >= 11 is 0. The van der Waals surface area contributed by atoms with Crippen molar-refractivity contribution < 1.29 is 14.3 Å². The van der Waals surface area contributed by atoms with E-state index in [1.54, 1.807) is 7.11 Å². The Kier molecular flexibility index (Phi) is 4.35. The molecule has 76 valence electrons. The van der Waals surface area contributed by atoms with Crippen LogP contribution in [0.3, 0.4) is 0 Å². The molecule has 0 aliphatic carbocycles. The van der Waals surface area contributed by atoms with Crippen LogP contribution in [0.1, 0.15) is 6.42 Å². The van der Waals surface area contributed by atoms with E-state index >= 15 is 0 Å². The van der Waals surface area contributed by atoms with Gasteiger partial charge in [0.15, 0.2) is 0 Å². The van der Waals surface area contributed by atoms with Gasteiger partial charge in [0, 0.05) is 13.7 Å². The summed E-state index contributed by atoms with van der Waals surface area (Å²) in [6.45, 7) is 2.07. The van der Waals surface area contributed by atoms with Crippen LogP contribution >= 0.6 is 0 Å². The minimum absolute atomic E-state index is 0.0348. The van der Waals surface area contributed by atoms with Crippen LogP contribution in [-0.4, -0.2) is 57.2 Å². The molecular weight excluding hydrogens is 170 g/mol. The van der Waals surface area contributed by atoms with Gasteiger partial charge in [-0.05, 0) is 13.5 Å². The summed E-state index contributed by atoms with van der Waals surface area (Å²) in [4.78, 5) is 12.6. The largest absolute Gasteiger partial charge is 0.382 e. The van der Waals surface area contributed by atoms with Gasteiger partial charge in [-0.15, -0.1) is 0 Å². The molecule has 0 spiro atoms.